The lowest BCUT2D eigenvalue weighted by molar-refractivity contribution is -0.180. The number of nitrogens with one attached hydrogen (secondary N) is 2. The Kier molecular flexibility index (Phi) is 3.35. The summed E-state index contributed by atoms with van der Waals surface area (Å²) in [5.41, 5.74) is 4.31. The molecule has 2 heterocycles. The van der Waals surface area contributed by atoms with Crippen molar-refractivity contribution in [1.82, 2.24) is 4.98 Å². The van der Waals surface area contributed by atoms with Gasteiger partial charge in [0.2, 0.25) is 5.79 Å². The summed E-state index contributed by atoms with van der Waals surface area (Å²) in [5.74, 6) is -0.156. The summed E-state index contributed by atoms with van der Waals surface area (Å²) >= 11 is 0. The lowest BCUT2D eigenvalue weighted by Gasteiger charge is -2.32. The van der Waals surface area contributed by atoms with Gasteiger partial charge in [0.15, 0.2) is 5.58 Å². The monoisotopic (exact) mass is 326 g/mol. The van der Waals surface area contributed by atoms with Crippen molar-refractivity contribution in [2.24, 2.45) is 0 Å². The van der Waals surface area contributed by atoms with E-state index >= 15 is 0 Å². The highest BCUT2D eigenvalue weighted by Gasteiger charge is 2.27. The first-order valence-corrected chi connectivity index (χ1v) is 7.80. The average molecular weight is 326 g/mol. The van der Waals surface area contributed by atoms with Crippen molar-refractivity contribution in [2.45, 2.75) is 32.8 Å². The molecule has 6 nitrogen and oxygen atoms in total. The molecular weight excluding hydrogens is 308 g/mol. The zero-order valence-electron chi connectivity index (χ0n) is 13.5. The molecule has 0 fully saturated rings. The van der Waals surface area contributed by atoms with Crippen molar-refractivity contribution in [3.05, 3.63) is 58.1 Å². The summed E-state index contributed by atoms with van der Waals surface area (Å²) in [7, 11) is 0. The summed E-state index contributed by atoms with van der Waals surface area (Å²) in [5, 5.41) is 3.34. The molecule has 3 aromatic rings. The van der Waals surface area contributed by atoms with Crippen LogP contribution in [0.15, 0.2) is 45.6 Å². The van der Waals surface area contributed by atoms with Crippen molar-refractivity contribution in [3.8, 4) is 5.75 Å². The highest BCUT2D eigenvalue weighted by Crippen LogP contribution is 2.31. The van der Waals surface area contributed by atoms with Crippen LogP contribution in [0.1, 0.15) is 25.0 Å². The third kappa shape index (κ3) is 2.88. The Labute approximate surface area is 138 Å². The van der Waals surface area contributed by atoms with Gasteiger partial charge in [-0.3, -0.25) is 4.98 Å². The molecule has 0 aliphatic carbocycles. The van der Waals surface area contributed by atoms with E-state index in [2.05, 4.69) is 16.4 Å². The summed E-state index contributed by atoms with van der Waals surface area (Å²) in [6, 6.07) is 11.6. The molecule has 0 saturated carbocycles. The van der Waals surface area contributed by atoms with Crippen LogP contribution in [-0.4, -0.2) is 10.8 Å². The quantitative estimate of drug-likeness (QED) is 0.771. The van der Waals surface area contributed by atoms with Gasteiger partial charge in [0.05, 0.1) is 12.1 Å². The first kappa shape index (κ1) is 14.8. The van der Waals surface area contributed by atoms with Gasteiger partial charge in [-0.25, -0.2) is 4.79 Å². The first-order chi connectivity index (χ1) is 11.5. The number of aromatic amines is 1. The summed E-state index contributed by atoms with van der Waals surface area (Å²) in [4.78, 5) is 13.8. The van der Waals surface area contributed by atoms with E-state index in [-0.39, 0.29) is 0 Å². The topological polar surface area (TPSA) is 76.5 Å². The Hall–Kier alpha value is -2.73. The van der Waals surface area contributed by atoms with Crippen molar-refractivity contribution in [1.29, 1.82) is 0 Å². The largest absolute Gasteiger partial charge is 0.463 e. The standard InChI is InChI=1S/C18H18N2O4/c1-18(2)22-10-12-7-11(3-5-15(12)24-18)9-19-13-4-6-16-14(8-13)20-17(21)23-16/h3-8,19H,9-10H2,1-2H3,(H,20,21). The van der Waals surface area contributed by atoms with Gasteiger partial charge < -0.3 is 19.2 Å². The molecule has 0 radical (unpaired) electrons. The lowest BCUT2D eigenvalue weighted by atomic mass is 10.1. The van der Waals surface area contributed by atoms with Crippen molar-refractivity contribution in [3.63, 3.8) is 0 Å². The number of ether oxygens (including phenoxy) is 2. The number of rotatable bonds is 3. The van der Waals surface area contributed by atoms with E-state index in [1.54, 1.807) is 6.07 Å². The molecule has 0 atom stereocenters. The van der Waals surface area contributed by atoms with Gasteiger partial charge in [0, 0.05) is 31.6 Å². The molecule has 1 aliphatic rings. The van der Waals surface area contributed by atoms with Crippen molar-refractivity contribution in [2.75, 3.05) is 5.32 Å². The number of fused-ring (bicyclic) bond motifs is 2. The second kappa shape index (κ2) is 5.42. The molecule has 1 aliphatic heterocycles. The third-order valence-electron chi connectivity index (χ3n) is 3.97. The molecule has 0 bridgehead atoms. The number of aromatic nitrogens is 1. The number of anilines is 1. The van der Waals surface area contributed by atoms with Crippen LogP contribution in [0.25, 0.3) is 11.1 Å². The Morgan fingerprint density at radius 1 is 1.21 bits per heavy atom. The van der Waals surface area contributed by atoms with E-state index in [1.807, 2.05) is 38.1 Å². The Morgan fingerprint density at radius 2 is 2.08 bits per heavy atom. The van der Waals surface area contributed by atoms with Crippen LogP contribution in [0.2, 0.25) is 0 Å². The molecule has 0 unspecified atom stereocenters. The van der Waals surface area contributed by atoms with E-state index in [0.29, 0.717) is 24.3 Å². The molecule has 24 heavy (non-hydrogen) atoms. The fourth-order valence-electron chi connectivity index (χ4n) is 2.77. The summed E-state index contributed by atoms with van der Waals surface area (Å²) in [6.45, 7) is 5.01. The highest BCUT2D eigenvalue weighted by molar-refractivity contribution is 5.76. The minimum Gasteiger partial charge on any atom is -0.463 e. The predicted octanol–water partition coefficient (Wildman–Crippen LogP) is 3.38. The number of H-pyrrole nitrogens is 1. The summed E-state index contributed by atoms with van der Waals surface area (Å²) < 4.78 is 16.5. The maximum Gasteiger partial charge on any atom is 0.417 e. The van der Waals surface area contributed by atoms with E-state index in [1.165, 1.54) is 0 Å². The minimum atomic E-state index is -0.580. The minimum absolute atomic E-state index is 0.445. The molecule has 124 valence electrons. The second-order valence-corrected chi connectivity index (χ2v) is 6.31. The molecule has 4 rings (SSSR count). The number of hydrogen-bond acceptors (Lipinski definition) is 5. The SMILES string of the molecule is CC1(C)OCc2cc(CNc3ccc4oc(=O)[nH]c4c3)ccc2O1. The van der Waals surface area contributed by atoms with Crippen LogP contribution >= 0.6 is 0 Å². The fraction of sp³-hybridized carbons (Fsp3) is 0.278. The van der Waals surface area contributed by atoms with Crippen LogP contribution in [0.5, 0.6) is 5.75 Å². The number of benzene rings is 2. The Balaban J connectivity index is 1.50. The lowest BCUT2D eigenvalue weighted by Crippen LogP contribution is -2.35. The van der Waals surface area contributed by atoms with Gasteiger partial charge in [-0.2, -0.15) is 0 Å². The van der Waals surface area contributed by atoms with E-state index in [4.69, 9.17) is 13.9 Å². The smallest absolute Gasteiger partial charge is 0.417 e. The molecule has 0 spiro atoms. The van der Waals surface area contributed by atoms with Gasteiger partial charge in [0.25, 0.3) is 0 Å². The van der Waals surface area contributed by atoms with Gasteiger partial charge in [0.1, 0.15) is 5.75 Å². The van der Waals surface area contributed by atoms with Gasteiger partial charge in [-0.05, 0) is 35.9 Å². The van der Waals surface area contributed by atoms with Crippen LogP contribution in [-0.2, 0) is 17.9 Å². The highest BCUT2D eigenvalue weighted by atomic mass is 16.7. The van der Waals surface area contributed by atoms with Crippen LogP contribution in [0.3, 0.4) is 0 Å². The molecule has 1 aromatic heterocycles. The molecule has 6 heteroatoms. The van der Waals surface area contributed by atoms with Crippen molar-refractivity contribution >= 4 is 16.8 Å². The Bertz CT molecular complexity index is 955. The number of oxazole rings is 1. The van der Waals surface area contributed by atoms with Crippen LogP contribution in [0.4, 0.5) is 5.69 Å². The first-order valence-electron chi connectivity index (χ1n) is 7.80. The Morgan fingerprint density at radius 3 is 2.96 bits per heavy atom. The van der Waals surface area contributed by atoms with E-state index < -0.39 is 11.5 Å². The molecular formula is C18H18N2O4. The maximum absolute atomic E-state index is 11.2. The van der Waals surface area contributed by atoms with Gasteiger partial charge in [-0.1, -0.05) is 6.07 Å². The average Bonchev–Trinajstić information content (AvgIpc) is 2.91. The van der Waals surface area contributed by atoms with Gasteiger partial charge in [-0.15, -0.1) is 0 Å². The zero-order chi connectivity index (χ0) is 16.7. The predicted molar refractivity (Wildman–Crippen MR) is 90.1 cm³/mol. The summed E-state index contributed by atoms with van der Waals surface area (Å²) in [6.07, 6.45) is 0. The third-order valence-corrected chi connectivity index (χ3v) is 3.97. The zero-order valence-corrected chi connectivity index (χ0v) is 13.5. The van der Waals surface area contributed by atoms with Gasteiger partial charge >= 0.3 is 5.76 Å². The second-order valence-electron chi connectivity index (χ2n) is 6.31. The van der Waals surface area contributed by atoms with Crippen LogP contribution < -0.4 is 15.8 Å². The van der Waals surface area contributed by atoms with E-state index in [9.17, 15) is 4.79 Å². The molecule has 2 aromatic carbocycles. The van der Waals surface area contributed by atoms with E-state index in [0.717, 1.165) is 22.6 Å². The molecule has 0 amide bonds. The molecule has 0 saturated heterocycles. The normalized spacial score (nSPS) is 15.8. The number of hydrogen-bond donors (Lipinski definition) is 2. The van der Waals surface area contributed by atoms with Crippen molar-refractivity contribution < 1.29 is 13.9 Å². The molecule has 2 N–H and O–H groups in total. The fourth-order valence-corrected chi connectivity index (χ4v) is 2.77. The van der Waals surface area contributed by atoms with Crippen LogP contribution in [0, 0.1) is 0 Å². The maximum atomic E-state index is 11.2.